The highest BCUT2D eigenvalue weighted by Crippen LogP contribution is 2.20. The van der Waals surface area contributed by atoms with Gasteiger partial charge in [0, 0.05) is 0 Å². The number of aliphatic hydroxyl groups is 1. The highest BCUT2D eigenvalue weighted by molar-refractivity contribution is 5.22. The summed E-state index contributed by atoms with van der Waals surface area (Å²) in [5.41, 5.74) is 5.37. The van der Waals surface area contributed by atoms with Crippen LogP contribution < -0.4 is 0 Å². The van der Waals surface area contributed by atoms with Gasteiger partial charge in [0.05, 0.1) is 6.10 Å². The van der Waals surface area contributed by atoms with Crippen LogP contribution in [0.2, 0.25) is 0 Å². The SMILES string of the molecule is C/C1=C/C=C(\C(C)C)C/C=C(/C)C(O)CC/C(C)=C/CC1. The third-order valence-corrected chi connectivity index (χ3v) is 4.35. The van der Waals surface area contributed by atoms with Crippen molar-refractivity contribution in [2.45, 2.75) is 72.8 Å². The minimum atomic E-state index is -0.304. The Hall–Kier alpha value is -1.08. The summed E-state index contributed by atoms with van der Waals surface area (Å²) >= 11 is 0. The van der Waals surface area contributed by atoms with Crippen molar-refractivity contribution < 1.29 is 5.11 Å². The minimum absolute atomic E-state index is 0.304. The molecule has 0 saturated carbocycles. The van der Waals surface area contributed by atoms with Crippen molar-refractivity contribution in [1.29, 1.82) is 0 Å². The molecule has 21 heavy (non-hydrogen) atoms. The minimum Gasteiger partial charge on any atom is -0.389 e. The molecule has 1 unspecified atom stereocenters. The van der Waals surface area contributed by atoms with Gasteiger partial charge in [0.15, 0.2) is 0 Å². The molecule has 0 heterocycles. The second-order valence-corrected chi connectivity index (χ2v) is 6.71. The lowest BCUT2D eigenvalue weighted by Crippen LogP contribution is -2.08. The van der Waals surface area contributed by atoms with Crippen molar-refractivity contribution in [3.63, 3.8) is 0 Å². The molecule has 0 fully saturated rings. The Morgan fingerprint density at radius 2 is 1.71 bits per heavy atom. The first-order valence-corrected chi connectivity index (χ1v) is 8.26. The lowest BCUT2D eigenvalue weighted by Gasteiger charge is -2.14. The van der Waals surface area contributed by atoms with E-state index in [0.717, 1.165) is 37.7 Å². The normalized spacial score (nSPS) is 32.8. The molecule has 0 radical (unpaired) electrons. The van der Waals surface area contributed by atoms with Crippen LogP contribution in [0.4, 0.5) is 0 Å². The van der Waals surface area contributed by atoms with E-state index in [1.54, 1.807) is 0 Å². The van der Waals surface area contributed by atoms with E-state index in [1.165, 1.54) is 16.7 Å². The van der Waals surface area contributed by atoms with Crippen molar-refractivity contribution in [2.75, 3.05) is 0 Å². The first-order valence-electron chi connectivity index (χ1n) is 8.26. The van der Waals surface area contributed by atoms with Gasteiger partial charge >= 0.3 is 0 Å². The Kier molecular flexibility index (Phi) is 7.74. The molecule has 1 aliphatic carbocycles. The van der Waals surface area contributed by atoms with E-state index in [4.69, 9.17) is 0 Å². The topological polar surface area (TPSA) is 20.2 Å². The van der Waals surface area contributed by atoms with E-state index in [-0.39, 0.29) is 6.10 Å². The Morgan fingerprint density at radius 3 is 2.38 bits per heavy atom. The van der Waals surface area contributed by atoms with Crippen LogP contribution in [0.3, 0.4) is 0 Å². The average Bonchev–Trinajstić information content (AvgIpc) is 2.43. The summed E-state index contributed by atoms with van der Waals surface area (Å²) in [6, 6.07) is 0. The van der Waals surface area contributed by atoms with E-state index < -0.39 is 0 Å². The van der Waals surface area contributed by atoms with Gasteiger partial charge in [-0.3, -0.25) is 0 Å². The van der Waals surface area contributed by atoms with Gasteiger partial charge in [0.25, 0.3) is 0 Å². The first-order chi connectivity index (χ1) is 9.90. The second kappa shape index (κ2) is 9.04. The fourth-order valence-electron chi connectivity index (χ4n) is 2.48. The molecule has 0 aromatic carbocycles. The number of hydrogen-bond acceptors (Lipinski definition) is 1. The van der Waals surface area contributed by atoms with Gasteiger partial charge in [-0.2, -0.15) is 0 Å². The summed E-state index contributed by atoms with van der Waals surface area (Å²) in [6.07, 6.45) is 13.7. The molecule has 118 valence electrons. The highest BCUT2D eigenvalue weighted by Gasteiger charge is 2.08. The van der Waals surface area contributed by atoms with Crippen LogP contribution >= 0.6 is 0 Å². The van der Waals surface area contributed by atoms with Crippen LogP contribution in [-0.4, -0.2) is 11.2 Å². The zero-order chi connectivity index (χ0) is 15.8. The molecule has 0 saturated heterocycles. The van der Waals surface area contributed by atoms with Gasteiger partial charge in [0.2, 0.25) is 0 Å². The molecule has 1 rings (SSSR count). The first kappa shape index (κ1) is 18.0. The summed E-state index contributed by atoms with van der Waals surface area (Å²) in [4.78, 5) is 0. The zero-order valence-electron chi connectivity index (χ0n) is 14.4. The molecule has 0 aromatic heterocycles. The van der Waals surface area contributed by atoms with Crippen LogP contribution in [0, 0.1) is 5.92 Å². The quantitative estimate of drug-likeness (QED) is 0.611. The van der Waals surface area contributed by atoms with Gasteiger partial charge < -0.3 is 5.11 Å². The summed E-state index contributed by atoms with van der Waals surface area (Å²) in [7, 11) is 0. The van der Waals surface area contributed by atoms with Gasteiger partial charge in [-0.05, 0) is 64.4 Å². The zero-order valence-corrected chi connectivity index (χ0v) is 14.4. The van der Waals surface area contributed by atoms with E-state index in [9.17, 15) is 5.11 Å². The Labute approximate surface area is 131 Å². The predicted molar refractivity (Wildman–Crippen MR) is 93.3 cm³/mol. The van der Waals surface area contributed by atoms with Crippen LogP contribution in [0.15, 0.2) is 46.6 Å². The summed E-state index contributed by atoms with van der Waals surface area (Å²) in [5, 5.41) is 10.2. The molecule has 1 atom stereocenters. The fraction of sp³-hybridized carbons (Fsp3) is 0.600. The largest absolute Gasteiger partial charge is 0.389 e. The summed E-state index contributed by atoms with van der Waals surface area (Å²) < 4.78 is 0. The van der Waals surface area contributed by atoms with Crippen molar-refractivity contribution >= 4 is 0 Å². The maximum Gasteiger partial charge on any atom is 0.0750 e. The maximum atomic E-state index is 10.2. The van der Waals surface area contributed by atoms with Crippen LogP contribution in [0.5, 0.6) is 0 Å². The van der Waals surface area contributed by atoms with Crippen molar-refractivity contribution in [3.8, 4) is 0 Å². The number of aliphatic hydroxyl groups excluding tert-OH is 1. The summed E-state index contributed by atoms with van der Waals surface area (Å²) in [6.45, 7) is 10.9. The Bertz CT molecular complexity index is 446. The molecule has 1 aliphatic rings. The van der Waals surface area contributed by atoms with Crippen molar-refractivity contribution in [2.24, 2.45) is 5.92 Å². The smallest absolute Gasteiger partial charge is 0.0750 e. The molecule has 0 bridgehead atoms. The van der Waals surface area contributed by atoms with E-state index in [1.807, 2.05) is 0 Å². The van der Waals surface area contributed by atoms with Gasteiger partial charge in [-0.15, -0.1) is 0 Å². The van der Waals surface area contributed by atoms with Gasteiger partial charge in [-0.25, -0.2) is 0 Å². The van der Waals surface area contributed by atoms with Crippen molar-refractivity contribution in [3.05, 3.63) is 46.6 Å². The average molecular weight is 288 g/mol. The fourth-order valence-corrected chi connectivity index (χ4v) is 2.48. The maximum absolute atomic E-state index is 10.2. The molecular weight excluding hydrogens is 256 g/mol. The highest BCUT2D eigenvalue weighted by atomic mass is 16.3. The van der Waals surface area contributed by atoms with E-state index in [2.05, 4.69) is 58.9 Å². The number of allylic oxidation sites excluding steroid dienone is 7. The van der Waals surface area contributed by atoms with E-state index >= 15 is 0 Å². The lowest BCUT2D eigenvalue weighted by atomic mass is 9.95. The summed E-state index contributed by atoms with van der Waals surface area (Å²) in [5.74, 6) is 0.547. The second-order valence-electron chi connectivity index (χ2n) is 6.71. The molecule has 0 aromatic rings. The lowest BCUT2D eigenvalue weighted by molar-refractivity contribution is 0.200. The van der Waals surface area contributed by atoms with Gasteiger partial charge in [0.1, 0.15) is 0 Å². The molecular formula is C20H32O. The van der Waals surface area contributed by atoms with Crippen LogP contribution in [0.1, 0.15) is 66.7 Å². The Balaban J connectivity index is 2.98. The van der Waals surface area contributed by atoms with Crippen molar-refractivity contribution in [1.82, 2.24) is 0 Å². The molecule has 0 spiro atoms. The van der Waals surface area contributed by atoms with E-state index in [0.29, 0.717) is 5.92 Å². The van der Waals surface area contributed by atoms with Crippen LogP contribution in [-0.2, 0) is 0 Å². The number of hydrogen-bond donors (Lipinski definition) is 1. The number of rotatable bonds is 1. The third-order valence-electron chi connectivity index (χ3n) is 4.35. The van der Waals surface area contributed by atoms with Crippen LogP contribution in [0.25, 0.3) is 0 Å². The molecule has 1 heteroatoms. The molecule has 1 N–H and O–H groups in total. The third kappa shape index (κ3) is 6.95. The molecule has 1 nitrogen and oxygen atoms in total. The predicted octanol–water partition coefficient (Wildman–Crippen LogP) is 5.73. The molecule has 0 amide bonds. The monoisotopic (exact) mass is 288 g/mol. The molecule has 0 aliphatic heterocycles. The Morgan fingerprint density at radius 1 is 1.00 bits per heavy atom. The standard InChI is InChI=1S/C20H32O/c1-15(2)19-12-9-16(3)7-6-8-17(4)10-14-20(21)18(5)11-13-19/h8-9,11-12,15,20-21H,6-7,10,13-14H2,1-5H3/b16-9-,17-8+,18-11-,19-12-. The van der Waals surface area contributed by atoms with Gasteiger partial charge in [-0.1, -0.05) is 54.9 Å².